The van der Waals surface area contributed by atoms with Crippen LogP contribution < -0.4 is 0 Å². The summed E-state index contributed by atoms with van der Waals surface area (Å²) in [5, 5.41) is 30.7. The first kappa shape index (κ1) is 60.3. The van der Waals surface area contributed by atoms with E-state index in [4.69, 9.17) is 18.9 Å². The van der Waals surface area contributed by atoms with E-state index in [1.165, 1.54) is 135 Å². The first-order chi connectivity index (χ1) is 31.1. The van der Waals surface area contributed by atoms with Crippen LogP contribution in [0.5, 0.6) is 0 Å². The third-order valence-electron chi connectivity index (χ3n) is 11.8. The fourth-order valence-corrected chi connectivity index (χ4v) is 8.43. The van der Waals surface area contributed by atoms with Crippen molar-refractivity contribution in [1.82, 2.24) is 0 Å². The van der Waals surface area contributed by atoms with E-state index in [9.17, 15) is 33.1 Å². The number of hydrogen-bond acceptors (Lipinski definition) is 11. The van der Waals surface area contributed by atoms with Crippen molar-refractivity contribution in [3.63, 3.8) is 0 Å². The Morgan fingerprint density at radius 2 is 1.08 bits per heavy atom. The van der Waals surface area contributed by atoms with Crippen LogP contribution in [-0.2, 0) is 38.3 Å². The van der Waals surface area contributed by atoms with Crippen LogP contribution in [0, 0.1) is 0 Å². The number of carbonyl (C=O) groups is 1. The van der Waals surface area contributed by atoms with Gasteiger partial charge in [-0.1, -0.05) is 204 Å². The molecule has 13 heteroatoms. The molecule has 0 amide bonds. The molecule has 6 unspecified atom stereocenters. The number of rotatable bonds is 45. The third-order valence-corrected chi connectivity index (χ3v) is 12.2. The molecule has 1 rings (SSSR count). The highest BCUT2D eigenvalue weighted by Crippen LogP contribution is 2.26. The number of unbranched alkanes of at least 4 members (excludes halogenated alkanes) is 26. The number of aliphatic hydroxyl groups is 3. The van der Waals surface area contributed by atoms with E-state index in [1.807, 2.05) is 0 Å². The molecule has 64 heavy (non-hydrogen) atoms. The highest BCUT2D eigenvalue weighted by Gasteiger charge is 2.48. The van der Waals surface area contributed by atoms with E-state index in [1.54, 1.807) is 0 Å². The standard InChI is InChI=1S/C51H94O12S/c1-3-5-7-9-11-13-15-17-18-19-20-21-22-23-24-25-26-27-29-31-33-35-37-39-41-59-43-45(44-60-51-49(55)50(63-64(56,57)58)48(54)46(42-52)62-51)61-47(53)40-38-36-34-32-30-28-16-14-12-10-8-6-4-2/h6,8,12,14,28,30,45-46,48-52,54-55H,3-5,7,9-11,13,15-27,29,31-44H2,1-2H3,(H,56,57,58)/b8-6-,14-12-,30-28-. The summed E-state index contributed by atoms with van der Waals surface area (Å²) in [4.78, 5) is 12.8. The van der Waals surface area contributed by atoms with Crippen LogP contribution in [-0.4, -0.2) is 97.5 Å². The summed E-state index contributed by atoms with van der Waals surface area (Å²) in [5.74, 6) is -0.425. The maximum absolute atomic E-state index is 12.8. The number of esters is 1. The number of ether oxygens (including phenoxy) is 4. The summed E-state index contributed by atoms with van der Waals surface area (Å²) in [6, 6.07) is 0. The average Bonchev–Trinajstić information content (AvgIpc) is 3.27. The molecule has 12 nitrogen and oxygen atoms in total. The van der Waals surface area contributed by atoms with Gasteiger partial charge in [0.05, 0.1) is 19.8 Å². The highest BCUT2D eigenvalue weighted by atomic mass is 32.3. The predicted octanol–water partition coefficient (Wildman–Crippen LogP) is 11.7. The van der Waals surface area contributed by atoms with Crippen LogP contribution in [0.15, 0.2) is 36.5 Å². The van der Waals surface area contributed by atoms with Crippen LogP contribution in [0.2, 0.25) is 0 Å². The molecule has 0 saturated carbocycles. The smallest absolute Gasteiger partial charge is 0.397 e. The molecular formula is C51H94O12S. The van der Waals surface area contributed by atoms with E-state index in [0.29, 0.717) is 13.0 Å². The summed E-state index contributed by atoms with van der Waals surface area (Å²) in [7, 11) is -5.07. The lowest BCUT2D eigenvalue weighted by atomic mass is 9.99. The van der Waals surface area contributed by atoms with Crippen molar-refractivity contribution in [3.05, 3.63) is 36.5 Å². The molecule has 0 aromatic carbocycles. The van der Waals surface area contributed by atoms with Crippen molar-refractivity contribution >= 4 is 16.4 Å². The van der Waals surface area contributed by atoms with Gasteiger partial charge in [-0.05, 0) is 44.9 Å². The first-order valence-corrected chi connectivity index (χ1v) is 27.1. The Labute approximate surface area is 390 Å². The Morgan fingerprint density at radius 3 is 1.56 bits per heavy atom. The lowest BCUT2D eigenvalue weighted by molar-refractivity contribution is -0.301. The molecule has 0 aromatic heterocycles. The van der Waals surface area contributed by atoms with Crippen LogP contribution in [0.1, 0.15) is 219 Å². The van der Waals surface area contributed by atoms with Crippen molar-refractivity contribution in [3.8, 4) is 0 Å². The van der Waals surface area contributed by atoms with Gasteiger partial charge in [0.15, 0.2) is 6.29 Å². The Hall–Kier alpha value is -1.68. The summed E-state index contributed by atoms with van der Waals surface area (Å²) < 4.78 is 59.1. The molecule has 1 aliphatic heterocycles. The molecule has 4 N–H and O–H groups in total. The van der Waals surface area contributed by atoms with Crippen molar-refractivity contribution in [2.24, 2.45) is 0 Å². The van der Waals surface area contributed by atoms with Crippen LogP contribution in [0.4, 0.5) is 0 Å². The highest BCUT2D eigenvalue weighted by molar-refractivity contribution is 7.80. The second-order valence-electron chi connectivity index (χ2n) is 17.7. The summed E-state index contributed by atoms with van der Waals surface area (Å²) in [5.41, 5.74) is 0. The Balaban J connectivity index is 2.30. The Kier molecular flexibility index (Phi) is 40.2. The Bertz CT molecular complexity index is 1260. The fraction of sp³-hybridized carbons (Fsp3) is 0.863. The third kappa shape index (κ3) is 35.5. The topological polar surface area (TPSA) is 178 Å². The predicted molar refractivity (Wildman–Crippen MR) is 257 cm³/mol. The van der Waals surface area contributed by atoms with Crippen molar-refractivity contribution in [2.45, 2.75) is 256 Å². The van der Waals surface area contributed by atoms with E-state index >= 15 is 0 Å². The largest absolute Gasteiger partial charge is 0.457 e. The van der Waals surface area contributed by atoms with Gasteiger partial charge in [-0.25, -0.2) is 4.18 Å². The van der Waals surface area contributed by atoms with Crippen molar-refractivity contribution in [1.29, 1.82) is 0 Å². The van der Waals surface area contributed by atoms with Gasteiger partial charge in [-0.3, -0.25) is 9.35 Å². The normalized spacial score (nSPS) is 20.0. The van der Waals surface area contributed by atoms with Gasteiger partial charge in [0.1, 0.15) is 30.5 Å². The molecule has 0 aliphatic carbocycles. The fourth-order valence-electron chi connectivity index (χ4n) is 7.92. The molecule has 6 atom stereocenters. The maximum Gasteiger partial charge on any atom is 0.397 e. The van der Waals surface area contributed by atoms with Crippen LogP contribution >= 0.6 is 0 Å². The molecule has 1 saturated heterocycles. The van der Waals surface area contributed by atoms with Crippen molar-refractivity contribution in [2.75, 3.05) is 26.4 Å². The quantitative estimate of drug-likeness (QED) is 0.0197. The van der Waals surface area contributed by atoms with Gasteiger partial charge >= 0.3 is 16.4 Å². The second kappa shape index (κ2) is 42.7. The lowest BCUT2D eigenvalue weighted by Crippen LogP contribution is -2.60. The van der Waals surface area contributed by atoms with Crippen LogP contribution in [0.3, 0.4) is 0 Å². The zero-order chi connectivity index (χ0) is 46.8. The van der Waals surface area contributed by atoms with Gasteiger partial charge in [-0.2, -0.15) is 8.42 Å². The average molecular weight is 931 g/mol. The molecule has 376 valence electrons. The number of hydrogen-bond donors (Lipinski definition) is 4. The van der Waals surface area contributed by atoms with Gasteiger partial charge in [0.2, 0.25) is 0 Å². The molecular weight excluding hydrogens is 837 g/mol. The van der Waals surface area contributed by atoms with E-state index in [0.717, 1.165) is 57.8 Å². The first-order valence-electron chi connectivity index (χ1n) is 25.7. The van der Waals surface area contributed by atoms with E-state index in [-0.39, 0.29) is 19.6 Å². The molecule has 0 aromatic rings. The number of allylic oxidation sites excluding steroid dienone is 6. The van der Waals surface area contributed by atoms with Crippen LogP contribution in [0.25, 0.3) is 0 Å². The van der Waals surface area contributed by atoms with E-state index < -0.39 is 59.8 Å². The zero-order valence-corrected chi connectivity index (χ0v) is 41.2. The minimum absolute atomic E-state index is 0.0268. The van der Waals surface area contributed by atoms with Gasteiger partial charge < -0.3 is 34.3 Å². The molecule has 1 heterocycles. The zero-order valence-electron chi connectivity index (χ0n) is 40.3. The van der Waals surface area contributed by atoms with Gasteiger partial charge in [0.25, 0.3) is 0 Å². The SMILES string of the molecule is CC/C=C\C/C=C\C/C=C\CCCCCC(=O)OC(COCCCCCCCCCCCCCCCCCCCCCCCCCC)COC1OC(CO)C(O)C(OS(=O)(=O)O)C1O. The minimum Gasteiger partial charge on any atom is -0.457 e. The summed E-state index contributed by atoms with van der Waals surface area (Å²) in [6.45, 7) is 3.87. The molecule has 1 fully saturated rings. The summed E-state index contributed by atoms with van der Waals surface area (Å²) >= 11 is 0. The van der Waals surface area contributed by atoms with E-state index in [2.05, 4.69) is 54.5 Å². The molecule has 0 spiro atoms. The molecule has 0 radical (unpaired) electrons. The minimum atomic E-state index is -5.07. The molecule has 1 aliphatic rings. The maximum atomic E-state index is 12.8. The molecule has 0 bridgehead atoms. The second-order valence-corrected chi connectivity index (χ2v) is 18.8. The van der Waals surface area contributed by atoms with Gasteiger partial charge in [0, 0.05) is 13.0 Å². The lowest BCUT2D eigenvalue weighted by Gasteiger charge is -2.41. The Morgan fingerprint density at radius 1 is 0.609 bits per heavy atom. The number of carbonyl (C=O) groups excluding carboxylic acids is 1. The monoisotopic (exact) mass is 931 g/mol. The number of aliphatic hydroxyl groups excluding tert-OH is 3. The van der Waals surface area contributed by atoms with Gasteiger partial charge in [-0.15, -0.1) is 0 Å². The summed E-state index contributed by atoms with van der Waals surface area (Å²) in [6.07, 6.45) is 42.0. The van der Waals surface area contributed by atoms with Crippen molar-refractivity contribution < 1.29 is 56.2 Å².